The molecule has 0 spiro atoms. The number of carbonyl (C=O) groups is 1. The van der Waals surface area contributed by atoms with Gasteiger partial charge >= 0.3 is 0 Å². The summed E-state index contributed by atoms with van der Waals surface area (Å²) in [5.41, 5.74) is 6.59. The van der Waals surface area contributed by atoms with Gasteiger partial charge < -0.3 is 16.3 Å². The van der Waals surface area contributed by atoms with Crippen molar-refractivity contribution in [3.05, 3.63) is 35.4 Å². The zero-order chi connectivity index (χ0) is 14.4. The molecule has 0 aliphatic heterocycles. The van der Waals surface area contributed by atoms with Gasteiger partial charge in [-0.1, -0.05) is 38.1 Å². The predicted molar refractivity (Wildman–Crippen MR) is 75.3 cm³/mol. The van der Waals surface area contributed by atoms with Gasteiger partial charge in [-0.15, -0.1) is 0 Å². The number of nitrogens with zero attached hydrogens (tertiary/aromatic N) is 1. The van der Waals surface area contributed by atoms with Crippen LogP contribution in [0.2, 0.25) is 0 Å². The molecule has 1 aromatic rings. The molecule has 0 aromatic heterocycles. The van der Waals surface area contributed by atoms with Crippen LogP contribution in [0, 0.1) is 11.8 Å². The average molecular weight is 263 g/mol. The third-order valence-corrected chi connectivity index (χ3v) is 3.27. The highest BCUT2D eigenvalue weighted by Gasteiger charge is 2.10. The van der Waals surface area contributed by atoms with E-state index in [2.05, 4.69) is 31.2 Å². The summed E-state index contributed by atoms with van der Waals surface area (Å²) in [5.74, 6) is 0.877. The standard InChI is InChI=1S/C14H21N3O2/c1-9(2)10(3)8-16-14(18)12-6-4-11(5-7-12)13(15)17-19/h4-7,9-10,19H,8H2,1-3H3,(H2,15,17)(H,16,18). The smallest absolute Gasteiger partial charge is 0.251 e. The number of rotatable bonds is 5. The van der Waals surface area contributed by atoms with Crippen molar-refractivity contribution in [2.75, 3.05) is 6.54 Å². The minimum Gasteiger partial charge on any atom is -0.409 e. The minimum absolute atomic E-state index is 0.0281. The van der Waals surface area contributed by atoms with Crippen molar-refractivity contribution in [2.24, 2.45) is 22.7 Å². The van der Waals surface area contributed by atoms with Gasteiger partial charge in [-0.25, -0.2) is 0 Å². The summed E-state index contributed by atoms with van der Waals surface area (Å²) >= 11 is 0. The second-order valence-electron chi connectivity index (χ2n) is 4.99. The van der Waals surface area contributed by atoms with Gasteiger partial charge in [0, 0.05) is 17.7 Å². The molecule has 19 heavy (non-hydrogen) atoms. The Kier molecular flexibility index (Phi) is 5.36. The van der Waals surface area contributed by atoms with E-state index in [1.54, 1.807) is 24.3 Å². The maximum Gasteiger partial charge on any atom is 0.251 e. The summed E-state index contributed by atoms with van der Waals surface area (Å²) in [6.07, 6.45) is 0. The number of oxime groups is 1. The molecule has 1 unspecified atom stereocenters. The number of carbonyl (C=O) groups excluding carboxylic acids is 1. The lowest BCUT2D eigenvalue weighted by molar-refractivity contribution is 0.0945. The van der Waals surface area contributed by atoms with Crippen LogP contribution in [0.15, 0.2) is 29.4 Å². The van der Waals surface area contributed by atoms with Crippen LogP contribution in [0.3, 0.4) is 0 Å². The summed E-state index contributed by atoms with van der Waals surface area (Å²) in [6, 6.07) is 6.61. The molecule has 5 nitrogen and oxygen atoms in total. The van der Waals surface area contributed by atoms with E-state index in [0.29, 0.717) is 29.5 Å². The van der Waals surface area contributed by atoms with E-state index in [0.717, 1.165) is 0 Å². The molecule has 4 N–H and O–H groups in total. The molecule has 1 rings (SSSR count). The zero-order valence-electron chi connectivity index (χ0n) is 11.6. The largest absolute Gasteiger partial charge is 0.409 e. The Morgan fingerprint density at radius 3 is 2.26 bits per heavy atom. The van der Waals surface area contributed by atoms with Crippen molar-refractivity contribution < 1.29 is 10.0 Å². The van der Waals surface area contributed by atoms with Crippen LogP contribution < -0.4 is 11.1 Å². The van der Waals surface area contributed by atoms with Crippen molar-refractivity contribution >= 4 is 11.7 Å². The van der Waals surface area contributed by atoms with Gasteiger partial charge in [0.1, 0.15) is 0 Å². The van der Waals surface area contributed by atoms with Crippen LogP contribution in [0.1, 0.15) is 36.7 Å². The average Bonchev–Trinajstić information content (AvgIpc) is 2.43. The fourth-order valence-electron chi connectivity index (χ4n) is 1.44. The van der Waals surface area contributed by atoms with Crippen molar-refractivity contribution in [1.82, 2.24) is 5.32 Å². The fourth-order valence-corrected chi connectivity index (χ4v) is 1.44. The maximum atomic E-state index is 11.9. The fraction of sp³-hybridized carbons (Fsp3) is 0.429. The molecule has 1 aromatic carbocycles. The highest BCUT2D eigenvalue weighted by atomic mass is 16.4. The minimum atomic E-state index is -0.112. The van der Waals surface area contributed by atoms with Crippen LogP contribution in [0.25, 0.3) is 0 Å². The first-order chi connectivity index (χ1) is 8.95. The molecule has 0 bridgehead atoms. The number of amides is 1. The lowest BCUT2D eigenvalue weighted by Crippen LogP contribution is -2.30. The molecule has 1 amide bonds. The number of amidine groups is 1. The number of nitrogens with two attached hydrogens (primary N) is 1. The normalized spacial score (nSPS) is 13.4. The van der Waals surface area contributed by atoms with Gasteiger partial charge in [0.05, 0.1) is 0 Å². The van der Waals surface area contributed by atoms with Gasteiger partial charge in [-0.2, -0.15) is 0 Å². The second-order valence-corrected chi connectivity index (χ2v) is 4.99. The molecule has 0 fully saturated rings. The second kappa shape index (κ2) is 6.78. The quantitative estimate of drug-likeness (QED) is 0.327. The molecule has 0 heterocycles. The van der Waals surface area contributed by atoms with E-state index in [-0.39, 0.29) is 11.7 Å². The lowest BCUT2D eigenvalue weighted by atomic mass is 9.98. The van der Waals surface area contributed by atoms with Gasteiger partial charge in [0.25, 0.3) is 5.91 Å². The Balaban J connectivity index is 2.63. The van der Waals surface area contributed by atoms with E-state index >= 15 is 0 Å². The topological polar surface area (TPSA) is 87.7 Å². The Bertz CT molecular complexity index is 452. The van der Waals surface area contributed by atoms with Crippen molar-refractivity contribution in [1.29, 1.82) is 0 Å². The van der Waals surface area contributed by atoms with Gasteiger partial charge in [-0.05, 0) is 24.0 Å². The van der Waals surface area contributed by atoms with Crippen molar-refractivity contribution in [2.45, 2.75) is 20.8 Å². The number of hydrogen-bond donors (Lipinski definition) is 3. The number of hydrogen-bond acceptors (Lipinski definition) is 3. The summed E-state index contributed by atoms with van der Waals surface area (Å²) < 4.78 is 0. The first-order valence-electron chi connectivity index (χ1n) is 6.31. The Morgan fingerprint density at radius 1 is 1.26 bits per heavy atom. The zero-order valence-corrected chi connectivity index (χ0v) is 11.6. The first-order valence-corrected chi connectivity index (χ1v) is 6.31. The molecule has 0 radical (unpaired) electrons. The predicted octanol–water partition coefficient (Wildman–Crippen LogP) is 1.80. The monoisotopic (exact) mass is 263 g/mol. The summed E-state index contributed by atoms with van der Waals surface area (Å²) in [7, 11) is 0. The number of nitrogens with one attached hydrogen (secondary N) is 1. The molecule has 0 aliphatic carbocycles. The first kappa shape index (κ1) is 15.0. The molecular weight excluding hydrogens is 242 g/mol. The van der Waals surface area contributed by atoms with E-state index in [1.165, 1.54) is 0 Å². The summed E-state index contributed by atoms with van der Waals surface area (Å²) in [6.45, 7) is 7.01. The maximum absolute atomic E-state index is 11.9. The summed E-state index contributed by atoms with van der Waals surface area (Å²) in [5, 5.41) is 14.3. The van der Waals surface area contributed by atoms with Crippen molar-refractivity contribution in [3.8, 4) is 0 Å². The lowest BCUT2D eigenvalue weighted by Gasteiger charge is -2.16. The molecule has 0 aliphatic rings. The van der Waals surface area contributed by atoms with Gasteiger partial charge in [-0.3, -0.25) is 4.79 Å². The van der Waals surface area contributed by atoms with Gasteiger partial charge in [0.15, 0.2) is 5.84 Å². The Hall–Kier alpha value is -2.04. The highest BCUT2D eigenvalue weighted by Crippen LogP contribution is 2.09. The SMILES string of the molecule is CC(C)C(C)CNC(=O)c1ccc(C(N)=NO)cc1. The molecule has 0 saturated heterocycles. The van der Waals surface area contributed by atoms with Crippen LogP contribution in [0.5, 0.6) is 0 Å². The Labute approximate surface area is 113 Å². The van der Waals surface area contributed by atoms with Crippen LogP contribution in [-0.2, 0) is 0 Å². The third-order valence-electron chi connectivity index (χ3n) is 3.27. The van der Waals surface area contributed by atoms with E-state index in [1.807, 2.05) is 0 Å². The highest BCUT2D eigenvalue weighted by molar-refractivity contribution is 5.99. The van der Waals surface area contributed by atoms with E-state index in [4.69, 9.17) is 10.9 Å². The summed E-state index contributed by atoms with van der Waals surface area (Å²) in [4.78, 5) is 11.9. The van der Waals surface area contributed by atoms with Gasteiger partial charge in [0.2, 0.25) is 0 Å². The molecule has 104 valence electrons. The van der Waals surface area contributed by atoms with E-state index < -0.39 is 0 Å². The van der Waals surface area contributed by atoms with Crippen LogP contribution in [0.4, 0.5) is 0 Å². The molecule has 0 saturated carbocycles. The molecule has 5 heteroatoms. The van der Waals surface area contributed by atoms with Crippen molar-refractivity contribution in [3.63, 3.8) is 0 Å². The Morgan fingerprint density at radius 2 is 1.79 bits per heavy atom. The van der Waals surface area contributed by atoms with Crippen LogP contribution in [-0.4, -0.2) is 23.5 Å². The molecular formula is C14H21N3O2. The van der Waals surface area contributed by atoms with E-state index in [9.17, 15) is 4.79 Å². The number of benzene rings is 1. The van der Waals surface area contributed by atoms with Crippen LogP contribution >= 0.6 is 0 Å². The third kappa shape index (κ3) is 4.28. The molecule has 1 atom stereocenters.